The van der Waals surface area contributed by atoms with Crippen molar-refractivity contribution in [2.24, 2.45) is 5.92 Å². The summed E-state index contributed by atoms with van der Waals surface area (Å²) in [4.78, 5) is 35.6. The Labute approximate surface area is 141 Å². The third-order valence-electron chi connectivity index (χ3n) is 3.83. The van der Waals surface area contributed by atoms with E-state index in [0.29, 0.717) is 12.1 Å². The van der Waals surface area contributed by atoms with E-state index in [1.54, 1.807) is 12.1 Å². The number of hydrogen-bond donors (Lipinski definition) is 2. The molecule has 0 fully saturated rings. The van der Waals surface area contributed by atoms with Crippen LogP contribution in [0.3, 0.4) is 0 Å². The van der Waals surface area contributed by atoms with Crippen molar-refractivity contribution in [2.75, 3.05) is 19.5 Å². The Hall–Kier alpha value is -2.57. The standard InChI is InChI=1S/C17H24N2O5/c1-5-10(2)15(17(22)23-4)19-14(20)9-24-16(21)12-7-6-11(3)13(18)8-12/h6-8,10,15H,5,9,18H2,1-4H3,(H,19,20)/t10-,15+/m0/s1. The van der Waals surface area contributed by atoms with E-state index in [1.165, 1.54) is 13.2 Å². The number of anilines is 1. The van der Waals surface area contributed by atoms with Crippen molar-refractivity contribution < 1.29 is 23.9 Å². The van der Waals surface area contributed by atoms with Gasteiger partial charge in [-0.1, -0.05) is 26.3 Å². The first-order valence-electron chi connectivity index (χ1n) is 7.70. The average molecular weight is 336 g/mol. The second kappa shape index (κ2) is 8.90. The molecule has 0 aliphatic rings. The third-order valence-corrected chi connectivity index (χ3v) is 3.83. The van der Waals surface area contributed by atoms with Gasteiger partial charge in [0.1, 0.15) is 6.04 Å². The maximum absolute atomic E-state index is 11.9. The summed E-state index contributed by atoms with van der Waals surface area (Å²) in [5.74, 6) is -1.86. The van der Waals surface area contributed by atoms with Gasteiger partial charge < -0.3 is 20.5 Å². The van der Waals surface area contributed by atoms with Gasteiger partial charge in [-0.2, -0.15) is 0 Å². The van der Waals surface area contributed by atoms with E-state index in [0.717, 1.165) is 5.56 Å². The molecule has 0 spiro atoms. The number of esters is 2. The van der Waals surface area contributed by atoms with Gasteiger partial charge in [-0.15, -0.1) is 0 Å². The molecule has 1 aromatic carbocycles. The van der Waals surface area contributed by atoms with Crippen LogP contribution in [0, 0.1) is 12.8 Å². The molecule has 0 unspecified atom stereocenters. The Kier molecular flexibility index (Phi) is 7.23. The van der Waals surface area contributed by atoms with Crippen LogP contribution in [0.5, 0.6) is 0 Å². The van der Waals surface area contributed by atoms with Crippen molar-refractivity contribution in [3.63, 3.8) is 0 Å². The molecule has 0 saturated heterocycles. The summed E-state index contributed by atoms with van der Waals surface area (Å²) in [5.41, 5.74) is 7.32. The van der Waals surface area contributed by atoms with E-state index < -0.39 is 30.5 Å². The molecule has 1 rings (SSSR count). The minimum absolute atomic E-state index is 0.103. The van der Waals surface area contributed by atoms with E-state index in [-0.39, 0.29) is 11.5 Å². The molecule has 24 heavy (non-hydrogen) atoms. The molecule has 0 bridgehead atoms. The smallest absolute Gasteiger partial charge is 0.338 e. The first kappa shape index (κ1) is 19.5. The highest BCUT2D eigenvalue weighted by Crippen LogP contribution is 2.14. The summed E-state index contributed by atoms with van der Waals surface area (Å²) in [5, 5.41) is 2.53. The van der Waals surface area contributed by atoms with Gasteiger partial charge in [0, 0.05) is 5.69 Å². The zero-order valence-corrected chi connectivity index (χ0v) is 14.4. The maximum Gasteiger partial charge on any atom is 0.338 e. The highest BCUT2D eigenvalue weighted by atomic mass is 16.5. The van der Waals surface area contributed by atoms with Gasteiger partial charge in [0.2, 0.25) is 0 Å². The van der Waals surface area contributed by atoms with Crippen molar-refractivity contribution in [1.29, 1.82) is 0 Å². The third kappa shape index (κ3) is 5.26. The van der Waals surface area contributed by atoms with Crippen LogP contribution in [0.1, 0.15) is 36.2 Å². The van der Waals surface area contributed by atoms with Gasteiger partial charge in [0.25, 0.3) is 5.91 Å². The number of rotatable bonds is 7. The summed E-state index contributed by atoms with van der Waals surface area (Å²) in [6.07, 6.45) is 0.683. The number of benzene rings is 1. The summed E-state index contributed by atoms with van der Waals surface area (Å²) in [7, 11) is 1.26. The minimum atomic E-state index is -0.777. The van der Waals surface area contributed by atoms with Crippen molar-refractivity contribution in [2.45, 2.75) is 33.2 Å². The molecule has 7 heteroatoms. The molecule has 0 aliphatic heterocycles. The lowest BCUT2D eigenvalue weighted by molar-refractivity contribution is -0.147. The Morgan fingerprint density at radius 3 is 2.50 bits per heavy atom. The van der Waals surface area contributed by atoms with E-state index in [9.17, 15) is 14.4 Å². The Bertz CT molecular complexity index is 615. The lowest BCUT2D eigenvalue weighted by Crippen LogP contribution is -2.47. The zero-order valence-electron chi connectivity index (χ0n) is 14.4. The summed E-state index contributed by atoms with van der Waals surface area (Å²) in [6, 6.07) is 3.98. The number of amides is 1. The fourth-order valence-corrected chi connectivity index (χ4v) is 1.99. The number of hydrogen-bond acceptors (Lipinski definition) is 6. The summed E-state index contributed by atoms with van der Waals surface area (Å²) in [6.45, 7) is 5.05. The van der Waals surface area contributed by atoms with Gasteiger partial charge in [-0.25, -0.2) is 9.59 Å². The maximum atomic E-state index is 11.9. The fraction of sp³-hybridized carbons (Fsp3) is 0.471. The second-order valence-electron chi connectivity index (χ2n) is 5.60. The molecule has 3 N–H and O–H groups in total. The lowest BCUT2D eigenvalue weighted by Gasteiger charge is -2.21. The van der Waals surface area contributed by atoms with Crippen LogP contribution < -0.4 is 11.1 Å². The molecule has 132 valence electrons. The Morgan fingerprint density at radius 2 is 1.96 bits per heavy atom. The SMILES string of the molecule is CC[C@H](C)[C@@H](NC(=O)COC(=O)c1ccc(C)c(N)c1)C(=O)OC. The summed E-state index contributed by atoms with van der Waals surface area (Å²) >= 11 is 0. The number of carbonyl (C=O) groups is 3. The van der Waals surface area contributed by atoms with Crippen molar-refractivity contribution >= 4 is 23.5 Å². The van der Waals surface area contributed by atoms with Crippen LogP contribution in [0.2, 0.25) is 0 Å². The molecule has 0 aliphatic carbocycles. The van der Waals surface area contributed by atoms with Gasteiger partial charge in [-0.3, -0.25) is 4.79 Å². The van der Waals surface area contributed by atoms with Crippen molar-refractivity contribution in [3.05, 3.63) is 29.3 Å². The molecule has 1 aromatic rings. The lowest BCUT2D eigenvalue weighted by atomic mass is 9.99. The first-order valence-corrected chi connectivity index (χ1v) is 7.70. The molecule has 1 amide bonds. The predicted octanol–water partition coefficient (Wildman–Crippen LogP) is 1.44. The number of nitrogens with one attached hydrogen (secondary N) is 1. The van der Waals surface area contributed by atoms with E-state index in [4.69, 9.17) is 10.5 Å². The van der Waals surface area contributed by atoms with Crippen molar-refractivity contribution in [1.82, 2.24) is 5.32 Å². The van der Waals surface area contributed by atoms with Crippen molar-refractivity contribution in [3.8, 4) is 0 Å². The second-order valence-corrected chi connectivity index (χ2v) is 5.60. The first-order chi connectivity index (χ1) is 11.3. The number of aryl methyl sites for hydroxylation is 1. The van der Waals surface area contributed by atoms with E-state index >= 15 is 0 Å². The number of carbonyl (C=O) groups excluding carboxylic acids is 3. The molecule has 0 saturated carbocycles. The van der Waals surface area contributed by atoms with Gasteiger partial charge >= 0.3 is 11.9 Å². The normalized spacial score (nSPS) is 12.8. The van der Waals surface area contributed by atoms with E-state index in [1.807, 2.05) is 20.8 Å². The van der Waals surface area contributed by atoms with Gasteiger partial charge in [-0.05, 0) is 30.5 Å². The largest absolute Gasteiger partial charge is 0.467 e. The topological polar surface area (TPSA) is 108 Å². The monoisotopic (exact) mass is 336 g/mol. The number of nitrogen functional groups attached to an aromatic ring is 1. The summed E-state index contributed by atoms with van der Waals surface area (Å²) < 4.78 is 9.63. The highest BCUT2D eigenvalue weighted by Gasteiger charge is 2.27. The number of nitrogens with two attached hydrogens (primary N) is 1. The fourth-order valence-electron chi connectivity index (χ4n) is 1.99. The number of methoxy groups -OCH3 is 1. The number of ether oxygens (including phenoxy) is 2. The van der Waals surface area contributed by atoms with E-state index in [2.05, 4.69) is 10.1 Å². The highest BCUT2D eigenvalue weighted by molar-refractivity contribution is 5.93. The van der Waals surface area contributed by atoms with Crippen LogP contribution in [0.25, 0.3) is 0 Å². The van der Waals surface area contributed by atoms with Gasteiger partial charge in [0.15, 0.2) is 6.61 Å². The molecule has 0 radical (unpaired) electrons. The molecular formula is C17H24N2O5. The van der Waals surface area contributed by atoms with Crippen LogP contribution >= 0.6 is 0 Å². The molecule has 7 nitrogen and oxygen atoms in total. The average Bonchev–Trinajstić information content (AvgIpc) is 2.58. The van der Waals surface area contributed by atoms with Crippen LogP contribution in [-0.4, -0.2) is 37.6 Å². The van der Waals surface area contributed by atoms with Gasteiger partial charge in [0.05, 0.1) is 12.7 Å². The Balaban J connectivity index is 2.62. The molecule has 0 heterocycles. The van der Waals surface area contributed by atoms with Crippen LogP contribution in [-0.2, 0) is 19.1 Å². The van der Waals surface area contributed by atoms with Crippen LogP contribution in [0.4, 0.5) is 5.69 Å². The molecular weight excluding hydrogens is 312 g/mol. The molecule has 0 aromatic heterocycles. The molecule has 2 atom stereocenters. The Morgan fingerprint density at radius 1 is 1.29 bits per heavy atom. The van der Waals surface area contributed by atoms with Crippen LogP contribution in [0.15, 0.2) is 18.2 Å². The zero-order chi connectivity index (χ0) is 18.3. The quantitative estimate of drug-likeness (QED) is 0.576. The minimum Gasteiger partial charge on any atom is -0.467 e. The predicted molar refractivity (Wildman–Crippen MR) is 89.3 cm³/mol.